The van der Waals surface area contributed by atoms with Crippen LogP contribution < -0.4 is 0 Å². The standard InChI is InChI=1S/C8H13NO2/c1-4-8(9(10)11)6-5-7(2)3/h5-6H,4H2,1-3H3/b8-6+. The van der Waals surface area contributed by atoms with Crippen molar-refractivity contribution in [2.45, 2.75) is 27.2 Å². The Morgan fingerprint density at radius 3 is 2.27 bits per heavy atom. The third kappa shape index (κ3) is 4.31. The zero-order valence-electron chi connectivity index (χ0n) is 7.13. The molecular formula is C8H13NO2. The molecule has 0 saturated heterocycles. The van der Waals surface area contributed by atoms with Crippen LogP contribution in [0.1, 0.15) is 27.2 Å². The van der Waals surface area contributed by atoms with Gasteiger partial charge in [0.1, 0.15) is 0 Å². The van der Waals surface area contributed by atoms with Gasteiger partial charge >= 0.3 is 0 Å². The number of rotatable bonds is 3. The highest BCUT2D eigenvalue weighted by Gasteiger charge is 2.03. The molecule has 11 heavy (non-hydrogen) atoms. The van der Waals surface area contributed by atoms with E-state index in [0.29, 0.717) is 6.42 Å². The molecule has 0 aromatic heterocycles. The summed E-state index contributed by atoms with van der Waals surface area (Å²) < 4.78 is 0. The van der Waals surface area contributed by atoms with Gasteiger partial charge in [-0.2, -0.15) is 0 Å². The smallest absolute Gasteiger partial charge is 0.245 e. The first kappa shape index (κ1) is 9.88. The maximum absolute atomic E-state index is 10.3. The predicted molar refractivity (Wildman–Crippen MR) is 44.8 cm³/mol. The van der Waals surface area contributed by atoms with Crippen LogP contribution in [0.15, 0.2) is 23.4 Å². The second kappa shape index (κ2) is 4.66. The van der Waals surface area contributed by atoms with E-state index < -0.39 is 0 Å². The van der Waals surface area contributed by atoms with E-state index in [0.717, 1.165) is 5.57 Å². The van der Waals surface area contributed by atoms with Crippen LogP contribution in [0.2, 0.25) is 0 Å². The highest BCUT2D eigenvalue weighted by Crippen LogP contribution is 2.02. The maximum Gasteiger partial charge on any atom is 0.245 e. The molecule has 0 bridgehead atoms. The lowest BCUT2D eigenvalue weighted by molar-refractivity contribution is -0.427. The first-order valence-electron chi connectivity index (χ1n) is 3.56. The van der Waals surface area contributed by atoms with Crippen LogP contribution in [-0.4, -0.2) is 4.92 Å². The molecule has 0 saturated carbocycles. The predicted octanol–water partition coefficient (Wildman–Crippen LogP) is 2.52. The fourth-order valence-corrected chi connectivity index (χ4v) is 0.571. The fourth-order valence-electron chi connectivity index (χ4n) is 0.571. The van der Waals surface area contributed by atoms with Gasteiger partial charge in [-0.25, -0.2) is 0 Å². The Morgan fingerprint density at radius 2 is 2.00 bits per heavy atom. The van der Waals surface area contributed by atoms with E-state index in [4.69, 9.17) is 0 Å². The Balaban J connectivity index is 4.37. The van der Waals surface area contributed by atoms with E-state index in [-0.39, 0.29) is 10.6 Å². The van der Waals surface area contributed by atoms with Gasteiger partial charge in [-0.15, -0.1) is 0 Å². The second-order valence-electron chi connectivity index (χ2n) is 2.51. The monoisotopic (exact) mass is 155 g/mol. The summed E-state index contributed by atoms with van der Waals surface area (Å²) in [5, 5.41) is 10.3. The van der Waals surface area contributed by atoms with E-state index in [1.165, 1.54) is 0 Å². The highest BCUT2D eigenvalue weighted by molar-refractivity contribution is 5.11. The van der Waals surface area contributed by atoms with Crippen molar-refractivity contribution in [1.82, 2.24) is 0 Å². The molecule has 3 heteroatoms. The Bertz CT molecular complexity index is 200. The second-order valence-corrected chi connectivity index (χ2v) is 2.51. The Labute approximate surface area is 66.6 Å². The van der Waals surface area contributed by atoms with Crippen molar-refractivity contribution in [1.29, 1.82) is 0 Å². The number of hydrogen-bond donors (Lipinski definition) is 0. The van der Waals surface area contributed by atoms with Crippen LogP contribution in [-0.2, 0) is 0 Å². The van der Waals surface area contributed by atoms with Gasteiger partial charge in [0.25, 0.3) is 0 Å². The van der Waals surface area contributed by atoms with Crippen LogP contribution in [0.5, 0.6) is 0 Å². The van der Waals surface area contributed by atoms with Crippen molar-refractivity contribution in [3.8, 4) is 0 Å². The SMILES string of the molecule is CC/C(=C\C=C(C)C)[N+](=O)[O-]. The van der Waals surface area contributed by atoms with Crippen molar-refractivity contribution in [3.05, 3.63) is 33.5 Å². The Hall–Kier alpha value is -1.12. The fraction of sp³-hybridized carbons (Fsp3) is 0.500. The van der Waals surface area contributed by atoms with Crippen LogP contribution in [0.25, 0.3) is 0 Å². The summed E-state index contributed by atoms with van der Waals surface area (Å²) in [4.78, 5) is 9.90. The minimum atomic E-state index is -0.348. The molecule has 0 aliphatic rings. The van der Waals surface area contributed by atoms with Crippen LogP contribution >= 0.6 is 0 Å². The van der Waals surface area contributed by atoms with E-state index in [1.807, 2.05) is 13.8 Å². The molecule has 0 aromatic rings. The Kier molecular flexibility index (Phi) is 4.18. The van der Waals surface area contributed by atoms with Gasteiger partial charge in [0.2, 0.25) is 5.70 Å². The van der Waals surface area contributed by atoms with E-state index in [2.05, 4.69) is 0 Å². The summed E-state index contributed by atoms with van der Waals surface area (Å²) in [7, 11) is 0. The van der Waals surface area contributed by atoms with Gasteiger partial charge in [0.05, 0.1) is 4.92 Å². The molecule has 0 spiro atoms. The molecule has 0 aromatic carbocycles. The zero-order valence-corrected chi connectivity index (χ0v) is 7.13. The molecular weight excluding hydrogens is 142 g/mol. The van der Waals surface area contributed by atoms with Crippen molar-refractivity contribution in [2.75, 3.05) is 0 Å². The minimum absolute atomic E-state index is 0.256. The molecule has 0 aliphatic carbocycles. The number of hydrogen-bond acceptors (Lipinski definition) is 2. The number of allylic oxidation sites excluding steroid dienone is 4. The summed E-state index contributed by atoms with van der Waals surface area (Å²) in [6, 6.07) is 0. The molecule has 0 rings (SSSR count). The van der Waals surface area contributed by atoms with Crippen molar-refractivity contribution < 1.29 is 4.92 Å². The normalized spacial score (nSPS) is 11.0. The van der Waals surface area contributed by atoms with Crippen LogP contribution in [0.4, 0.5) is 0 Å². The van der Waals surface area contributed by atoms with Crippen molar-refractivity contribution >= 4 is 0 Å². The number of nitrogens with zero attached hydrogens (tertiary/aromatic N) is 1. The van der Waals surface area contributed by atoms with Crippen LogP contribution in [0.3, 0.4) is 0 Å². The molecule has 0 unspecified atom stereocenters. The third-order valence-electron chi connectivity index (χ3n) is 1.21. The van der Waals surface area contributed by atoms with E-state index >= 15 is 0 Å². The molecule has 0 aliphatic heterocycles. The summed E-state index contributed by atoms with van der Waals surface area (Å²) in [5.41, 5.74) is 1.32. The molecule has 0 atom stereocenters. The molecule has 0 radical (unpaired) electrons. The highest BCUT2D eigenvalue weighted by atomic mass is 16.6. The Morgan fingerprint density at radius 1 is 1.45 bits per heavy atom. The molecule has 3 nitrogen and oxygen atoms in total. The van der Waals surface area contributed by atoms with E-state index in [9.17, 15) is 10.1 Å². The van der Waals surface area contributed by atoms with Gasteiger partial charge < -0.3 is 0 Å². The average molecular weight is 155 g/mol. The molecule has 0 heterocycles. The molecule has 0 N–H and O–H groups in total. The summed E-state index contributed by atoms with van der Waals surface area (Å²) in [6.45, 7) is 5.58. The van der Waals surface area contributed by atoms with Gasteiger partial charge in [0, 0.05) is 12.5 Å². The van der Waals surface area contributed by atoms with Gasteiger partial charge in [-0.3, -0.25) is 10.1 Å². The maximum atomic E-state index is 10.3. The molecule has 0 fully saturated rings. The zero-order chi connectivity index (χ0) is 8.85. The topological polar surface area (TPSA) is 43.1 Å². The lowest BCUT2D eigenvalue weighted by Crippen LogP contribution is -1.95. The third-order valence-corrected chi connectivity index (χ3v) is 1.21. The van der Waals surface area contributed by atoms with Crippen LogP contribution in [0, 0.1) is 10.1 Å². The lowest BCUT2D eigenvalue weighted by atomic mass is 10.2. The van der Waals surface area contributed by atoms with Crippen molar-refractivity contribution in [2.24, 2.45) is 0 Å². The van der Waals surface area contributed by atoms with Gasteiger partial charge in [-0.05, 0) is 13.8 Å². The first-order chi connectivity index (χ1) is 5.07. The van der Waals surface area contributed by atoms with E-state index in [1.54, 1.807) is 19.1 Å². The first-order valence-corrected chi connectivity index (χ1v) is 3.56. The average Bonchev–Trinajstić information content (AvgIpc) is 1.87. The summed E-state index contributed by atoms with van der Waals surface area (Å²) in [5.74, 6) is 0. The molecule has 62 valence electrons. The lowest BCUT2D eigenvalue weighted by Gasteiger charge is -1.90. The summed E-state index contributed by atoms with van der Waals surface area (Å²) >= 11 is 0. The van der Waals surface area contributed by atoms with Crippen molar-refractivity contribution in [3.63, 3.8) is 0 Å². The van der Waals surface area contributed by atoms with Gasteiger partial charge in [-0.1, -0.05) is 18.6 Å². The number of nitro groups is 1. The summed E-state index contributed by atoms with van der Waals surface area (Å²) in [6.07, 6.45) is 3.77. The van der Waals surface area contributed by atoms with Gasteiger partial charge in [0.15, 0.2) is 0 Å². The quantitative estimate of drug-likeness (QED) is 0.357. The minimum Gasteiger partial charge on any atom is -0.259 e. The molecule has 0 amide bonds. The largest absolute Gasteiger partial charge is 0.259 e.